The Kier molecular flexibility index (Phi) is 4.16. The van der Waals surface area contributed by atoms with Crippen molar-refractivity contribution in [1.82, 2.24) is 0 Å². The maximum atomic E-state index is 9.72. The third-order valence-electron chi connectivity index (χ3n) is 4.53. The van der Waals surface area contributed by atoms with Crippen molar-refractivity contribution in [1.29, 1.82) is 5.26 Å². The summed E-state index contributed by atoms with van der Waals surface area (Å²) in [5, 5.41) is 19.0. The van der Waals surface area contributed by atoms with Crippen molar-refractivity contribution in [3.8, 4) is 11.8 Å². The van der Waals surface area contributed by atoms with E-state index in [0.717, 1.165) is 24.8 Å². The van der Waals surface area contributed by atoms with Crippen LogP contribution in [0.2, 0.25) is 5.82 Å². The number of fused-ring (bicyclic) bond motifs is 1. The number of rotatable bonds is 3. The van der Waals surface area contributed by atoms with E-state index >= 15 is 0 Å². The first kappa shape index (κ1) is 14.4. The normalized spacial score (nSPS) is 28.0. The molecule has 0 bridgehead atoms. The number of nitriles is 1. The molecule has 0 aromatic heterocycles. The van der Waals surface area contributed by atoms with Gasteiger partial charge in [0.25, 0.3) is 0 Å². The molecular weight excluding hydrogens is 267 g/mol. The van der Waals surface area contributed by atoms with Gasteiger partial charge < -0.3 is 20.1 Å². The Morgan fingerprint density at radius 1 is 1.48 bits per heavy atom. The summed E-state index contributed by atoms with van der Waals surface area (Å²) in [6.45, 7) is 1.01. The Balaban J connectivity index is 1.69. The summed E-state index contributed by atoms with van der Waals surface area (Å²) in [5.74, 6) is 1.21. The summed E-state index contributed by atoms with van der Waals surface area (Å²) in [4.78, 5) is 0. The molecule has 2 aliphatic rings. The highest BCUT2D eigenvalue weighted by atomic mass is 16.5. The van der Waals surface area contributed by atoms with Gasteiger partial charge in [0.15, 0.2) is 0 Å². The summed E-state index contributed by atoms with van der Waals surface area (Å²) >= 11 is 0. The highest BCUT2D eigenvalue weighted by Gasteiger charge is 2.44. The molecule has 21 heavy (non-hydrogen) atoms. The van der Waals surface area contributed by atoms with Crippen LogP contribution in [0.3, 0.4) is 0 Å². The number of benzene rings is 1. The zero-order valence-corrected chi connectivity index (χ0v) is 11.9. The second-order valence-electron chi connectivity index (χ2n) is 5.85. The monoisotopic (exact) mass is 286 g/mol. The van der Waals surface area contributed by atoms with Gasteiger partial charge in [-0.2, -0.15) is 5.26 Å². The smallest absolute Gasteiger partial charge is 0.457 e. The average Bonchev–Trinajstić information content (AvgIpc) is 2.88. The molecule has 1 aliphatic heterocycles. The minimum absolute atomic E-state index is 0.0796. The van der Waals surface area contributed by atoms with E-state index in [1.165, 1.54) is 0 Å². The number of ether oxygens (including phenoxy) is 1. The van der Waals surface area contributed by atoms with Crippen molar-refractivity contribution in [3.05, 3.63) is 29.3 Å². The molecule has 3 N–H and O–H groups in total. The van der Waals surface area contributed by atoms with E-state index in [4.69, 9.17) is 15.1 Å². The van der Waals surface area contributed by atoms with Gasteiger partial charge in [0.05, 0.1) is 11.7 Å². The predicted molar refractivity (Wildman–Crippen MR) is 78.5 cm³/mol. The molecule has 1 aliphatic carbocycles. The molecule has 1 saturated carbocycles. The molecule has 1 saturated heterocycles. The highest BCUT2D eigenvalue weighted by Crippen LogP contribution is 2.42. The molecule has 1 heterocycles. The molecule has 5 nitrogen and oxygen atoms in total. The first-order valence-corrected chi connectivity index (χ1v) is 7.40. The Morgan fingerprint density at radius 3 is 3.10 bits per heavy atom. The van der Waals surface area contributed by atoms with E-state index < -0.39 is 7.12 Å². The third-order valence-corrected chi connectivity index (χ3v) is 4.53. The van der Waals surface area contributed by atoms with Gasteiger partial charge in [0, 0.05) is 13.2 Å². The van der Waals surface area contributed by atoms with Crippen LogP contribution in [0.25, 0.3) is 0 Å². The van der Waals surface area contributed by atoms with Crippen LogP contribution >= 0.6 is 0 Å². The summed E-state index contributed by atoms with van der Waals surface area (Å²) in [5.41, 5.74) is 7.05. The number of nitrogens with zero attached hydrogens (tertiary/aromatic N) is 1. The van der Waals surface area contributed by atoms with Crippen LogP contribution in [0.1, 0.15) is 30.4 Å². The van der Waals surface area contributed by atoms with E-state index in [0.29, 0.717) is 30.4 Å². The minimum Gasteiger partial charge on any atom is -0.489 e. The first-order chi connectivity index (χ1) is 10.2. The molecule has 0 spiro atoms. The Hall–Kier alpha value is -1.55. The van der Waals surface area contributed by atoms with Crippen LogP contribution in [0.15, 0.2) is 18.2 Å². The van der Waals surface area contributed by atoms with Gasteiger partial charge in [-0.15, -0.1) is 0 Å². The van der Waals surface area contributed by atoms with Crippen molar-refractivity contribution in [2.45, 2.75) is 37.7 Å². The Morgan fingerprint density at radius 2 is 2.33 bits per heavy atom. The fraction of sp³-hybridized carbons (Fsp3) is 0.533. The van der Waals surface area contributed by atoms with E-state index in [1.807, 2.05) is 12.1 Å². The quantitative estimate of drug-likeness (QED) is 0.821. The standard InChI is InChI=1S/C15H19BN2O3/c17-7-10-1-4-15(11(5-10)8-18)21-13-2-3-14-12(6-13)9-20-16(14)19/h1,4-5,12-14,19H,2-3,6-7,9,17H2. The van der Waals surface area contributed by atoms with Crippen LogP contribution < -0.4 is 10.5 Å². The lowest BCUT2D eigenvalue weighted by Crippen LogP contribution is -2.31. The SMILES string of the molecule is N#Cc1cc(CN)ccc1OC1CCC2B(O)OCC2C1. The van der Waals surface area contributed by atoms with E-state index in [1.54, 1.807) is 6.07 Å². The molecule has 6 heteroatoms. The van der Waals surface area contributed by atoms with Crippen LogP contribution in [0, 0.1) is 17.2 Å². The maximum absolute atomic E-state index is 9.72. The molecule has 1 aromatic carbocycles. The van der Waals surface area contributed by atoms with Gasteiger partial charge in [-0.1, -0.05) is 6.07 Å². The summed E-state index contributed by atoms with van der Waals surface area (Å²) in [6.07, 6.45) is 2.73. The van der Waals surface area contributed by atoms with Gasteiger partial charge in [0.1, 0.15) is 11.8 Å². The van der Waals surface area contributed by atoms with E-state index in [9.17, 15) is 10.3 Å². The predicted octanol–water partition coefficient (Wildman–Crippen LogP) is 1.45. The topological polar surface area (TPSA) is 88.5 Å². The van der Waals surface area contributed by atoms with Gasteiger partial charge in [-0.25, -0.2) is 0 Å². The number of hydrogen-bond acceptors (Lipinski definition) is 5. The Labute approximate surface area is 124 Å². The molecule has 0 radical (unpaired) electrons. The Bertz CT molecular complexity index is 560. The maximum Gasteiger partial charge on any atom is 0.457 e. The molecular formula is C15H19BN2O3. The van der Waals surface area contributed by atoms with Crippen LogP contribution in [0.5, 0.6) is 5.75 Å². The second kappa shape index (κ2) is 6.06. The fourth-order valence-corrected chi connectivity index (χ4v) is 3.34. The first-order valence-electron chi connectivity index (χ1n) is 7.40. The lowest BCUT2D eigenvalue weighted by Gasteiger charge is -2.31. The van der Waals surface area contributed by atoms with Crippen LogP contribution in [-0.2, 0) is 11.2 Å². The second-order valence-corrected chi connectivity index (χ2v) is 5.85. The number of hydrogen-bond donors (Lipinski definition) is 2. The van der Waals surface area contributed by atoms with Crippen molar-refractivity contribution in [2.24, 2.45) is 11.7 Å². The molecule has 110 valence electrons. The zero-order valence-electron chi connectivity index (χ0n) is 11.9. The van der Waals surface area contributed by atoms with Crippen molar-refractivity contribution >= 4 is 7.12 Å². The average molecular weight is 286 g/mol. The summed E-state index contributed by atoms with van der Waals surface area (Å²) in [6, 6.07) is 7.67. The molecule has 3 atom stereocenters. The largest absolute Gasteiger partial charge is 0.489 e. The zero-order chi connectivity index (χ0) is 14.8. The van der Waals surface area contributed by atoms with Gasteiger partial charge in [0.2, 0.25) is 0 Å². The van der Waals surface area contributed by atoms with E-state index in [2.05, 4.69) is 6.07 Å². The summed E-state index contributed by atoms with van der Waals surface area (Å²) in [7, 11) is -0.616. The van der Waals surface area contributed by atoms with Gasteiger partial charge in [-0.05, 0) is 48.7 Å². The lowest BCUT2D eigenvalue weighted by molar-refractivity contribution is 0.119. The molecule has 2 fully saturated rings. The lowest BCUT2D eigenvalue weighted by atomic mass is 9.62. The molecule has 0 amide bonds. The molecule has 3 unspecified atom stereocenters. The fourth-order valence-electron chi connectivity index (χ4n) is 3.34. The van der Waals surface area contributed by atoms with Crippen molar-refractivity contribution in [2.75, 3.05) is 6.61 Å². The van der Waals surface area contributed by atoms with E-state index in [-0.39, 0.29) is 11.9 Å². The highest BCUT2D eigenvalue weighted by molar-refractivity contribution is 6.45. The number of nitrogens with two attached hydrogens (primary N) is 1. The summed E-state index contributed by atoms with van der Waals surface area (Å²) < 4.78 is 11.3. The van der Waals surface area contributed by atoms with Gasteiger partial charge >= 0.3 is 7.12 Å². The minimum atomic E-state index is -0.616. The molecule has 1 aromatic rings. The van der Waals surface area contributed by atoms with Crippen LogP contribution in [0.4, 0.5) is 0 Å². The van der Waals surface area contributed by atoms with Crippen molar-refractivity contribution in [3.63, 3.8) is 0 Å². The van der Waals surface area contributed by atoms with Crippen molar-refractivity contribution < 1.29 is 14.4 Å². The third kappa shape index (κ3) is 2.91. The molecule has 3 rings (SSSR count). The van der Waals surface area contributed by atoms with Crippen LogP contribution in [-0.4, -0.2) is 24.9 Å². The van der Waals surface area contributed by atoms with Gasteiger partial charge in [-0.3, -0.25) is 0 Å².